The molecule has 18 heavy (non-hydrogen) atoms. The van der Waals surface area contributed by atoms with Crippen LogP contribution >= 0.6 is 0 Å². The highest BCUT2D eigenvalue weighted by Gasteiger charge is 2.49. The summed E-state index contributed by atoms with van der Waals surface area (Å²) in [7, 11) is -3.41. The van der Waals surface area contributed by atoms with Gasteiger partial charge in [-0.05, 0) is 32.9 Å². The van der Waals surface area contributed by atoms with E-state index in [4.69, 9.17) is 4.74 Å². The summed E-state index contributed by atoms with van der Waals surface area (Å²) in [5, 5.41) is 0. The van der Waals surface area contributed by atoms with Crippen molar-refractivity contribution >= 4 is 9.84 Å². The Hall–Kier alpha value is -1.31. The van der Waals surface area contributed by atoms with Crippen LogP contribution in [-0.2, 0) is 14.6 Å². The van der Waals surface area contributed by atoms with Gasteiger partial charge >= 0.3 is 0 Å². The Bertz CT molecular complexity index is 585. The lowest BCUT2D eigenvalue weighted by atomic mass is 9.98. The van der Waals surface area contributed by atoms with Crippen molar-refractivity contribution < 1.29 is 13.2 Å². The molecule has 1 aliphatic rings. The maximum atomic E-state index is 12.1. The van der Waals surface area contributed by atoms with Crippen molar-refractivity contribution in [1.29, 1.82) is 0 Å². The van der Waals surface area contributed by atoms with Crippen LogP contribution in [0.15, 0.2) is 35.2 Å². The van der Waals surface area contributed by atoms with Gasteiger partial charge in [0.2, 0.25) is 15.3 Å². The zero-order valence-corrected chi connectivity index (χ0v) is 11.5. The Labute approximate surface area is 108 Å². The Balaban J connectivity index is 2.14. The fourth-order valence-electron chi connectivity index (χ4n) is 1.47. The van der Waals surface area contributed by atoms with Gasteiger partial charge in [-0.2, -0.15) is 0 Å². The van der Waals surface area contributed by atoms with E-state index in [9.17, 15) is 8.42 Å². The molecule has 0 N–H and O–H groups in total. The fourth-order valence-corrected chi connectivity index (χ4v) is 2.93. The molecule has 1 aliphatic heterocycles. The Morgan fingerprint density at radius 2 is 1.78 bits per heavy atom. The van der Waals surface area contributed by atoms with E-state index >= 15 is 0 Å². The van der Waals surface area contributed by atoms with Gasteiger partial charge in [-0.1, -0.05) is 30.0 Å². The van der Waals surface area contributed by atoms with Crippen LogP contribution in [0.3, 0.4) is 0 Å². The first-order valence-corrected chi connectivity index (χ1v) is 7.32. The zero-order valence-electron chi connectivity index (χ0n) is 10.7. The Morgan fingerprint density at radius 3 is 2.33 bits per heavy atom. The van der Waals surface area contributed by atoms with Gasteiger partial charge in [-0.25, -0.2) is 8.42 Å². The predicted molar refractivity (Wildman–Crippen MR) is 69.5 cm³/mol. The standard InChI is InChI=1S/C14H16O3S/c1-14(2,3)10-9-12-13(17-12)18(15,16)11-7-5-4-6-8-11/h4-8,12-13H,1-3H3/t12-,13-/m0/s1. The van der Waals surface area contributed by atoms with Gasteiger partial charge < -0.3 is 4.74 Å². The number of ether oxygens (including phenoxy) is 1. The van der Waals surface area contributed by atoms with Gasteiger partial charge in [0.1, 0.15) is 0 Å². The molecule has 0 radical (unpaired) electrons. The SMILES string of the molecule is CC(C)(C)C#C[C@@H]1O[C@H]1S(=O)(=O)c1ccccc1. The summed E-state index contributed by atoms with van der Waals surface area (Å²) >= 11 is 0. The summed E-state index contributed by atoms with van der Waals surface area (Å²) < 4.78 is 29.4. The van der Waals surface area contributed by atoms with Crippen molar-refractivity contribution in [2.75, 3.05) is 0 Å². The van der Waals surface area contributed by atoms with E-state index in [-0.39, 0.29) is 10.3 Å². The monoisotopic (exact) mass is 264 g/mol. The maximum Gasteiger partial charge on any atom is 0.208 e. The Morgan fingerprint density at radius 1 is 1.17 bits per heavy atom. The highest BCUT2D eigenvalue weighted by atomic mass is 32.2. The van der Waals surface area contributed by atoms with Crippen LogP contribution in [0.5, 0.6) is 0 Å². The summed E-state index contributed by atoms with van der Waals surface area (Å²) in [5.41, 5.74) is -0.956. The lowest BCUT2D eigenvalue weighted by molar-refractivity contribution is 0.422. The van der Waals surface area contributed by atoms with Crippen molar-refractivity contribution in [3.63, 3.8) is 0 Å². The first-order chi connectivity index (χ1) is 8.31. The van der Waals surface area contributed by atoms with Crippen LogP contribution < -0.4 is 0 Å². The van der Waals surface area contributed by atoms with Gasteiger partial charge in [0.05, 0.1) is 4.90 Å². The summed E-state index contributed by atoms with van der Waals surface area (Å²) in [5.74, 6) is 5.87. The zero-order chi connectivity index (χ0) is 13.4. The van der Waals surface area contributed by atoms with Crippen LogP contribution in [-0.4, -0.2) is 20.0 Å². The van der Waals surface area contributed by atoms with Crippen molar-refractivity contribution in [3.8, 4) is 11.8 Å². The molecule has 1 aromatic rings. The van der Waals surface area contributed by atoms with Crippen LogP contribution in [0.4, 0.5) is 0 Å². The molecule has 0 amide bonds. The second kappa shape index (κ2) is 4.42. The molecule has 0 unspecified atom stereocenters. The lowest BCUT2D eigenvalue weighted by Crippen LogP contribution is -2.11. The molecule has 1 aromatic carbocycles. The number of benzene rings is 1. The number of rotatable bonds is 2. The third-order valence-electron chi connectivity index (χ3n) is 2.42. The first kappa shape index (κ1) is 13.1. The second-order valence-corrected chi connectivity index (χ2v) is 7.33. The van der Waals surface area contributed by atoms with Crippen molar-refractivity contribution in [2.45, 2.75) is 37.2 Å². The molecule has 0 spiro atoms. The second-order valence-electron chi connectivity index (χ2n) is 5.30. The van der Waals surface area contributed by atoms with Gasteiger partial charge in [0, 0.05) is 5.41 Å². The van der Waals surface area contributed by atoms with E-state index in [1.807, 2.05) is 20.8 Å². The first-order valence-electron chi connectivity index (χ1n) is 5.78. The highest BCUT2D eigenvalue weighted by molar-refractivity contribution is 7.92. The Kier molecular flexibility index (Phi) is 3.22. The molecule has 1 fully saturated rings. The molecule has 1 saturated heterocycles. The normalized spacial score (nSPS) is 23.1. The minimum absolute atomic E-state index is 0.146. The number of hydrogen-bond donors (Lipinski definition) is 0. The third kappa shape index (κ3) is 2.92. The third-order valence-corrected chi connectivity index (χ3v) is 4.32. The average Bonchev–Trinajstić information content (AvgIpc) is 3.07. The summed E-state index contributed by atoms with van der Waals surface area (Å²) in [6.45, 7) is 5.93. The number of hydrogen-bond acceptors (Lipinski definition) is 3. The molecule has 0 aromatic heterocycles. The van der Waals surface area contributed by atoms with Gasteiger partial charge in [-0.15, -0.1) is 0 Å². The molecule has 2 atom stereocenters. The highest BCUT2D eigenvalue weighted by Crippen LogP contribution is 2.32. The molecular formula is C14H16O3S. The number of sulfone groups is 1. The summed E-state index contributed by atoms with van der Waals surface area (Å²) in [4.78, 5) is 0.287. The van der Waals surface area contributed by atoms with Crippen LogP contribution in [0.2, 0.25) is 0 Å². The van der Waals surface area contributed by atoms with Gasteiger partial charge in [0.25, 0.3) is 0 Å². The van der Waals surface area contributed by atoms with Crippen LogP contribution in [0.1, 0.15) is 20.8 Å². The van der Waals surface area contributed by atoms with Crippen molar-refractivity contribution in [1.82, 2.24) is 0 Å². The van der Waals surface area contributed by atoms with E-state index in [1.54, 1.807) is 30.3 Å². The molecule has 0 aliphatic carbocycles. The quantitative estimate of drug-likeness (QED) is 0.608. The molecule has 0 bridgehead atoms. The van der Waals surface area contributed by atoms with E-state index in [1.165, 1.54) is 0 Å². The van der Waals surface area contributed by atoms with E-state index in [0.29, 0.717) is 0 Å². The fraction of sp³-hybridized carbons (Fsp3) is 0.429. The van der Waals surface area contributed by atoms with Crippen molar-refractivity contribution in [3.05, 3.63) is 30.3 Å². The molecule has 4 heteroatoms. The number of epoxide rings is 1. The van der Waals surface area contributed by atoms with Crippen LogP contribution in [0, 0.1) is 17.3 Å². The van der Waals surface area contributed by atoms with Crippen LogP contribution in [0.25, 0.3) is 0 Å². The molecule has 96 valence electrons. The minimum atomic E-state index is -3.41. The topological polar surface area (TPSA) is 46.7 Å². The van der Waals surface area contributed by atoms with Crippen molar-refractivity contribution in [2.24, 2.45) is 5.41 Å². The lowest BCUT2D eigenvalue weighted by Gasteiger charge is -2.06. The molecule has 2 rings (SSSR count). The molecule has 1 heterocycles. The van der Waals surface area contributed by atoms with E-state index in [0.717, 1.165) is 0 Å². The summed E-state index contributed by atoms with van der Waals surface area (Å²) in [6, 6.07) is 8.33. The predicted octanol–water partition coefficient (Wildman–Crippen LogP) is 2.23. The average molecular weight is 264 g/mol. The van der Waals surface area contributed by atoms with E-state index in [2.05, 4.69) is 11.8 Å². The largest absolute Gasteiger partial charge is 0.338 e. The van der Waals surface area contributed by atoms with E-state index < -0.39 is 21.4 Å². The molecule has 3 nitrogen and oxygen atoms in total. The molecular weight excluding hydrogens is 248 g/mol. The smallest absolute Gasteiger partial charge is 0.208 e. The maximum absolute atomic E-state index is 12.1. The molecule has 0 saturated carbocycles. The van der Waals surface area contributed by atoms with Gasteiger partial charge in [0.15, 0.2) is 6.10 Å². The summed E-state index contributed by atoms with van der Waals surface area (Å²) in [6.07, 6.45) is -0.491. The van der Waals surface area contributed by atoms with Gasteiger partial charge in [-0.3, -0.25) is 0 Å². The minimum Gasteiger partial charge on any atom is -0.338 e.